The van der Waals surface area contributed by atoms with Crippen LogP contribution in [0.5, 0.6) is 0 Å². The van der Waals surface area contributed by atoms with Gasteiger partial charge in [-0.05, 0) is 15.9 Å². The lowest BCUT2D eigenvalue weighted by Crippen LogP contribution is -2.41. The van der Waals surface area contributed by atoms with Crippen molar-refractivity contribution < 1.29 is 14.6 Å². The lowest BCUT2D eigenvalue weighted by Gasteiger charge is -2.27. The van der Waals surface area contributed by atoms with Crippen molar-refractivity contribution >= 4 is 21.9 Å². The average Bonchev–Trinajstić information content (AvgIpc) is 2.62. The number of hydrogen-bond acceptors (Lipinski definition) is 4. The van der Waals surface area contributed by atoms with E-state index in [9.17, 15) is 9.90 Å². The summed E-state index contributed by atoms with van der Waals surface area (Å²) in [5.74, 6) is -0.665. The Hall–Kier alpha value is -0.880. The lowest BCUT2D eigenvalue weighted by molar-refractivity contribution is -0.154. The highest BCUT2D eigenvalue weighted by Crippen LogP contribution is 2.31. The van der Waals surface area contributed by atoms with Gasteiger partial charge in [0.1, 0.15) is 0 Å². The minimum Gasteiger partial charge on any atom is -0.467 e. The number of ether oxygens (including phenoxy) is 1. The Morgan fingerprint density at radius 1 is 1.73 bits per heavy atom. The molecule has 0 bridgehead atoms. The van der Waals surface area contributed by atoms with E-state index in [1.807, 2.05) is 0 Å². The van der Waals surface area contributed by atoms with E-state index >= 15 is 0 Å². The molecule has 1 unspecified atom stereocenters. The fraction of sp³-hybridized carbons (Fsp3) is 0.556. The van der Waals surface area contributed by atoms with Crippen molar-refractivity contribution in [3.8, 4) is 0 Å². The molecular formula is C9H13BrN2O3. The lowest BCUT2D eigenvalue weighted by atomic mass is 9.83. The molecule has 0 aliphatic carbocycles. The van der Waals surface area contributed by atoms with Crippen LogP contribution in [0.15, 0.2) is 10.7 Å². The highest BCUT2D eigenvalue weighted by atomic mass is 79.9. The van der Waals surface area contributed by atoms with E-state index in [-0.39, 0.29) is 0 Å². The summed E-state index contributed by atoms with van der Waals surface area (Å²) in [4.78, 5) is 11.2. The first kappa shape index (κ1) is 12.2. The topological polar surface area (TPSA) is 75.2 Å². The molecule has 84 valence electrons. The number of hydrogen-bond donors (Lipinski definition) is 2. The minimum absolute atomic E-state index is 0.653. The Balaban J connectivity index is 3.02. The molecule has 0 fully saturated rings. The number of halogens is 1. The van der Waals surface area contributed by atoms with Gasteiger partial charge in [0.25, 0.3) is 0 Å². The quantitative estimate of drug-likeness (QED) is 0.808. The van der Waals surface area contributed by atoms with Crippen molar-refractivity contribution in [1.29, 1.82) is 0 Å². The molecule has 5 nitrogen and oxygen atoms in total. The number of carbonyl (C=O) groups excluding carboxylic acids is 1. The second-order valence-corrected chi connectivity index (χ2v) is 4.59. The molecule has 6 heteroatoms. The summed E-state index contributed by atoms with van der Waals surface area (Å²) in [5.41, 5.74) is -0.136. The van der Waals surface area contributed by atoms with Crippen molar-refractivity contribution in [2.75, 3.05) is 7.11 Å². The molecule has 1 aromatic rings. The van der Waals surface area contributed by atoms with Crippen molar-refractivity contribution in [2.45, 2.75) is 25.4 Å². The Morgan fingerprint density at radius 3 is 2.73 bits per heavy atom. The molecule has 0 aliphatic rings. The van der Waals surface area contributed by atoms with Crippen molar-refractivity contribution in [3.05, 3.63) is 16.4 Å². The zero-order chi connectivity index (χ0) is 11.6. The standard InChI is InChI=1S/C9H13BrN2O3/c1-9(2,7(13)8(14)15-3)6-5(10)4-11-12-6/h4,7,13H,1-3H3,(H,11,12). The van der Waals surface area contributed by atoms with Crippen molar-refractivity contribution in [2.24, 2.45) is 0 Å². The van der Waals surface area contributed by atoms with E-state index in [0.717, 1.165) is 4.47 Å². The zero-order valence-electron chi connectivity index (χ0n) is 8.74. The van der Waals surface area contributed by atoms with Gasteiger partial charge < -0.3 is 9.84 Å². The predicted molar refractivity (Wildman–Crippen MR) is 57.3 cm³/mol. The number of carbonyl (C=O) groups is 1. The average molecular weight is 277 g/mol. The van der Waals surface area contributed by atoms with E-state index in [2.05, 4.69) is 30.9 Å². The first-order valence-corrected chi connectivity index (χ1v) is 5.15. The number of aliphatic hydroxyl groups is 1. The molecular weight excluding hydrogens is 264 g/mol. The van der Waals surface area contributed by atoms with Gasteiger partial charge in [0, 0.05) is 5.41 Å². The Bertz CT molecular complexity index is 362. The van der Waals surface area contributed by atoms with E-state index in [1.54, 1.807) is 20.0 Å². The van der Waals surface area contributed by atoms with Crippen molar-refractivity contribution in [1.82, 2.24) is 10.2 Å². The number of nitrogens with one attached hydrogen (secondary N) is 1. The van der Waals surface area contributed by atoms with Gasteiger partial charge in [-0.15, -0.1) is 0 Å². The van der Waals surface area contributed by atoms with Gasteiger partial charge in [0.15, 0.2) is 6.10 Å². The van der Waals surface area contributed by atoms with E-state index in [4.69, 9.17) is 0 Å². The van der Waals surface area contributed by atoms with E-state index < -0.39 is 17.5 Å². The Morgan fingerprint density at radius 2 is 2.33 bits per heavy atom. The maximum Gasteiger partial charge on any atom is 0.335 e. The molecule has 2 N–H and O–H groups in total. The van der Waals surface area contributed by atoms with Crippen LogP contribution in [-0.4, -0.2) is 34.5 Å². The summed E-state index contributed by atoms with van der Waals surface area (Å²) in [6.45, 7) is 3.46. The molecule has 1 atom stereocenters. The third-order valence-corrected chi connectivity index (χ3v) is 2.95. The van der Waals surface area contributed by atoms with E-state index in [1.165, 1.54) is 7.11 Å². The van der Waals surface area contributed by atoms with Crippen LogP contribution in [0, 0.1) is 0 Å². The molecule has 0 aromatic carbocycles. The first-order valence-electron chi connectivity index (χ1n) is 4.36. The van der Waals surface area contributed by atoms with Crippen LogP contribution in [0.25, 0.3) is 0 Å². The molecule has 1 heterocycles. The molecule has 1 rings (SSSR count). The van der Waals surface area contributed by atoms with Crippen molar-refractivity contribution in [3.63, 3.8) is 0 Å². The number of aromatic amines is 1. The third-order valence-electron chi connectivity index (χ3n) is 2.35. The minimum atomic E-state index is -1.24. The zero-order valence-corrected chi connectivity index (χ0v) is 10.3. The molecule has 0 radical (unpaired) electrons. The summed E-state index contributed by atoms with van der Waals surface area (Å²) >= 11 is 3.28. The van der Waals surface area contributed by atoms with Gasteiger partial charge in [0.2, 0.25) is 0 Å². The first-order chi connectivity index (χ1) is 6.91. The summed E-state index contributed by atoms with van der Waals surface area (Å²) in [6, 6.07) is 0. The fourth-order valence-electron chi connectivity index (χ4n) is 1.27. The number of methoxy groups -OCH3 is 1. The molecule has 1 aromatic heterocycles. The second-order valence-electron chi connectivity index (χ2n) is 3.74. The van der Waals surface area contributed by atoms with Crippen LogP contribution in [0.2, 0.25) is 0 Å². The summed E-state index contributed by atoms with van der Waals surface area (Å²) in [6.07, 6.45) is 0.334. The van der Waals surface area contributed by atoms with Crippen LogP contribution < -0.4 is 0 Å². The van der Waals surface area contributed by atoms with Crippen LogP contribution in [0.3, 0.4) is 0 Å². The van der Waals surface area contributed by atoms with Crippen LogP contribution in [0.1, 0.15) is 19.5 Å². The Kier molecular flexibility index (Phi) is 3.51. The van der Waals surface area contributed by atoms with Gasteiger partial charge in [-0.1, -0.05) is 13.8 Å². The number of nitrogens with zero attached hydrogens (tertiary/aromatic N) is 1. The summed E-state index contributed by atoms with van der Waals surface area (Å²) < 4.78 is 5.22. The maximum absolute atomic E-state index is 11.2. The van der Waals surface area contributed by atoms with Gasteiger partial charge in [-0.2, -0.15) is 5.10 Å². The normalized spacial score (nSPS) is 13.7. The second kappa shape index (κ2) is 4.32. The molecule has 0 saturated heterocycles. The molecule has 0 saturated carbocycles. The Labute approximate surface area is 96.0 Å². The number of esters is 1. The largest absolute Gasteiger partial charge is 0.467 e. The molecule has 15 heavy (non-hydrogen) atoms. The highest BCUT2D eigenvalue weighted by Gasteiger charge is 2.38. The SMILES string of the molecule is COC(=O)C(O)C(C)(C)c1[nH]ncc1Br. The van der Waals surface area contributed by atoms with Gasteiger partial charge >= 0.3 is 5.97 Å². The summed E-state index contributed by atoms with van der Waals surface area (Å²) in [7, 11) is 1.24. The molecule has 0 amide bonds. The number of H-pyrrole nitrogens is 1. The van der Waals surface area contributed by atoms with E-state index in [0.29, 0.717) is 5.69 Å². The number of aromatic nitrogens is 2. The fourth-order valence-corrected chi connectivity index (χ4v) is 1.97. The maximum atomic E-state index is 11.2. The van der Waals surface area contributed by atoms with Gasteiger partial charge in [-0.25, -0.2) is 4.79 Å². The van der Waals surface area contributed by atoms with Gasteiger partial charge in [0.05, 0.1) is 23.5 Å². The third kappa shape index (κ3) is 2.21. The number of rotatable bonds is 3. The number of aliphatic hydroxyl groups excluding tert-OH is 1. The smallest absolute Gasteiger partial charge is 0.335 e. The molecule has 0 spiro atoms. The summed E-state index contributed by atoms with van der Waals surface area (Å²) in [5, 5.41) is 16.4. The highest BCUT2D eigenvalue weighted by molar-refractivity contribution is 9.10. The van der Waals surface area contributed by atoms with Crippen LogP contribution in [-0.2, 0) is 14.9 Å². The van der Waals surface area contributed by atoms with Gasteiger partial charge in [-0.3, -0.25) is 5.10 Å². The molecule has 0 aliphatic heterocycles. The predicted octanol–water partition coefficient (Wildman–Crippen LogP) is 0.984. The van der Waals surface area contributed by atoms with Crippen LogP contribution in [0.4, 0.5) is 0 Å². The monoisotopic (exact) mass is 276 g/mol. The van der Waals surface area contributed by atoms with Crippen LogP contribution >= 0.6 is 15.9 Å².